The van der Waals surface area contributed by atoms with Gasteiger partial charge in [0.15, 0.2) is 0 Å². The van der Waals surface area contributed by atoms with Crippen molar-refractivity contribution in [3.63, 3.8) is 0 Å². The van der Waals surface area contributed by atoms with Gasteiger partial charge in [0.05, 0.1) is 10.8 Å². The Morgan fingerprint density at radius 3 is 2.33 bits per heavy atom. The van der Waals surface area contributed by atoms with Crippen molar-refractivity contribution in [3.8, 4) is 0 Å². The van der Waals surface area contributed by atoms with Gasteiger partial charge in [0.25, 0.3) is 5.91 Å². The second-order valence-corrected chi connectivity index (χ2v) is 8.45. The van der Waals surface area contributed by atoms with Crippen LogP contribution in [0.25, 0.3) is 0 Å². The number of carbonyl (C=O) groups is 2. The van der Waals surface area contributed by atoms with Gasteiger partial charge in [-0.05, 0) is 37.1 Å². The molecule has 1 aromatic carbocycles. The highest BCUT2D eigenvalue weighted by Crippen LogP contribution is 2.23. The monoisotopic (exact) mass is 394 g/mol. The molecule has 27 heavy (non-hydrogen) atoms. The number of nitrogens with one attached hydrogen (secondary N) is 2. The summed E-state index contributed by atoms with van der Waals surface area (Å²) in [7, 11) is -3.65. The summed E-state index contributed by atoms with van der Waals surface area (Å²) in [6.45, 7) is 3.57. The largest absolute Gasteiger partial charge is 0.481 e. The first-order valence-electron chi connectivity index (χ1n) is 9.09. The predicted molar refractivity (Wildman–Crippen MR) is 102 cm³/mol. The van der Waals surface area contributed by atoms with E-state index in [9.17, 15) is 23.1 Å². The van der Waals surface area contributed by atoms with E-state index in [0.717, 1.165) is 25.7 Å². The minimum atomic E-state index is -3.65. The van der Waals surface area contributed by atoms with Crippen molar-refractivity contribution in [3.05, 3.63) is 42.5 Å². The van der Waals surface area contributed by atoms with Gasteiger partial charge in [0.2, 0.25) is 10.0 Å². The first kappa shape index (κ1) is 21.1. The average molecular weight is 394 g/mol. The lowest BCUT2D eigenvalue weighted by atomic mass is 9.86. The summed E-state index contributed by atoms with van der Waals surface area (Å²) in [4.78, 5) is 24.1. The number of carbonyl (C=O) groups excluding carboxylic acids is 1. The average Bonchev–Trinajstić information content (AvgIpc) is 2.62. The Labute approximate surface area is 159 Å². The molecule has 0 aliphatic heterocycles. The van der Waals surface area contributed by atoms with Crippen LogP contribution in [0.3, 0.4) is 0 Å². The van der Waals surface area contributed by atoms with Crippen LogP contribution in [-0.2, 0) is 14.8 Å². The van der Waals surface area contributed by atoms with Crippen molar-refractivity contribution in [1.82, 2.24) is 10.0 Å². The Morgan fingerprint density at radius 1 is 1.11 bits per heavy atom. The van der Waals surface area contributed by atoms with E-state index in [2.05, 4.69) is 16.6 Å². The van der Waals surface area contributed by atoms with E-state index in [-0.39, 0.29) is 11.4 Å². The molecule has 3 N–H and O–H groups in total. The second kappa shape index (κ2) is 9.66. The topological polar surface area (TPSA) is 113 Å². The van der Waals surface area contributed by atoms with Crippen LogP contribution >= 0.6 is 0 Å². The smallest absolute Gasteiger partial charge is 0.308 e. The van der Waals surface area contributed by atoms with Gasteiger partial charge in [-0.3, -0.25) is 9.59 Å². The molecule has 7 nitrogen and oxygen atoms in total. The van der Waals surface area contributed by atoms with Gasteiger partial charge in [0, 0.05) is 18.2 Å². The number of hydrogen-bond donors (Lipinski definition) is 3. The van der Waals surface area contributed by atoms with Crippen molar-refractivity contribution in [2.75, 3.05) is 6.54 Å². The van der Waals surface area contributed by atoms with Gasteiger partial charge in [-0.15, -0.1) is 6.58 Å². The normalized spacial score (nSPS) is 20.9. The third-order valence-corrected chi connectivity index (χ3v) is 6.18. The first-order chi connectivity index (χ1) is 12.8. The van der Waals surface area contributed by atoms with Gasteiger partial charge in [0.1, 0.15) is 0 Å². The maximum absolute atomic E-state index is 12.5. The molecule has 1 fully saturated rings. The van der Waals surface area contributed by atoms with Crippen molar-refractivity contribution in [2.24, 2.45) is 5.92 Å². The quantitative estimate of drug-likeness (QED) is 0.614. The number of amides is 1. The fourth-order valence-corrected chi connectivity index (χ4v) is 4.24. The third kappa shape index (κ3) is 5.90. The highest BCUT2D eigenvalue weighted by atomic mass is 32.2. The first-order valence-corrected chi connectivity index (χ1v) is 10.6. The number of sulfonamides is 1. The van der Waals surface area contributed by atoms with E-state index in [4.69, 9.17) is 0 Å². The fourth-order valence-electron chi connectivity index (χ4n) is 3.24. The van der Waals surface area contributed by atoms with Gasteiger partial charge >= 0.3 is 5.97 Å². The number of rotatable bonds is 7. The van der Waals surface area contributed by atoms with Gasteiger partial charge < -0.3 is 10.4 Å². The molecule has 2 unspecified atom stereocenters. The number of carboxylic acids is 1. The van der Waals surface area contributed by atoms with Crippen LogP contribution in [0.1, 0.15) is 48.9 Å². The molecule has 148 valence electrons. The van der Waals surface area contributed by atoms with Crippen LogP contribution in [0.15, 0.2) is 41.8 Å². The SMILES string of the molecule is C=CCNS(=O)(=O)c1ccc(C(=O)NC2CCCCCCC2C(=O)O)cc1. The summed E-state index contributed by atoms with van der Waals surface area (Å²) in [5.74, 6) is -1.89. The Hall–Kier alpha value is -2.19. The highest BCUT2D eigenvalue weighted by molar-refractivity contribution is 7.89. The molecule has 1 saturated carbocycles. The van der Waals surface area contributed by atoms with Crippen molar-refractivity contribution in [2.45, 2.75) is 49.5 Å². The van der Waals surface area contributed by atoms with Gasteiger partial charge in [-0.2, -0.15) is 0 Å². The van der Waals surface area contributed by atoms with Crippen molar-refractivity contribution >= 4 is 21.9 Å². The predicted octanol–water partition coefficient (Wildman–Crippen LogP) is 2.30. The standard InChI is InChI=1S/C19H26N2O5S/c1-2-13-20-27(25,26)15-11-9-14(10-12-15)18(22)21-17-8-6-4-3-5-7-16(17)19(23)24/h2,9-12,16-17,20H,1,3-8,13H2,(H,21,22)(H,23,24). The summed E-state index contributed by atoms with van der Waals surface area (Å²) in [6.07, 6.45) is 6.37. The molecule has 0 saturated heterocycles. The Kier molecular flexibility index (Phi) is 7.55. The zero-order chi connectivity index (χ0) is 19.9. The molecule has 1 aliphatic carbocycles. The number of benzene rings is 1. The summed E-state index contributed by atoms with van der Waals surface area (Å²) in [6, 6.07) is 5.14. The summed E-state index contributed by atoms with van der Waals surface area (Å²) < 4.78 is 26.5. The van der Waals surface area contributed by atoms with E-state index in [1.807, 2.05) is 0 Å². The lowest BCUT2D eigenvalue weighted by Crippen LogP contribution is -2.43. The third-order valence-electron chi connectivity index (χ3n) is 4.74. The summed E-state index contributed by atoms with van der Waals surface area (Å²) >= 11 is 0. The van der Waals surface area contributed by atoms with Crippen LogP contribution in [0.5, 0.6) is 0 Å². The van der Waals surface area contributed by atoms with Crippen LogP contribution in [0, 0.1) is 5.92 Å². The van der Waals surface area contributed by atoms with Crippen molar-refractivity contribution < 1.29 is 23.1 Å². The highest BCUT2D eigenvalue weighted by Gasteiger charge is 2.30. The number of hydrogen-bond acceptors (Lipinski definition) is 4. The van der Waals surface area contributed by atoms with E-state index >= 15 is 0 Å². The number of aliphatic carboxylic acids is 1. The molecule has 1 amide bonds. The molecule has 0 spiro atoms. The van der Waals surface area contributed by atoms with Crippen molar-refractivity contribution in [1.29, 1.82) is 0 Å². The van der Waals surface area contributed by atoms with Crippen LogP contribution in [0.2, 0.25) is 0 Å². The molecule has 0 heterocycles. The molecule has 8 heteroatoms. The molecule has 0 radical (unpaired) electrons. The molecule has 1 aliphatic rings. The minimum absolute atomic E-state index is 0.0512. The molecule has 1 aromatic rings. The van der Waals surface area contributed by atoms with Crippen LogP contribution in [-0.4, -0.2) is 38.0 Å². The molecule has 2 atom stereocenters. The Morgan fingerprint density at radius 2 is 1.74 bits per heavy atom. The van der Waals surface area contributed by atoms with Crippen LogP contribution < -0.4 is 10.0 Å². The Bertz CT molecular complexity index is 774. The summed E-state index contributed by atoms with van der Waals surface area (Å²) in [5.41, 5.74) is 0.295. The lowest BCUT2D eigenvalue weighted by molar-refractivity contribution is -0.143. The zero-order valence-corrected chi connectivity index (χ0v) is 16.0. The number of carboxylic acid groups (broad SMARTS) is 1. The molecule has 0 aromatic heterocycles. The maximum atomic E-state index is 12.5. The summed E-state index contributed by atoms with van der Waals surface area (Å²) in [5, 5.41) is 12.3. The lowest BCUT2D eigenvalue weighted by Gasteiger charge is -2.27. The minimum Gasteiger partial charge on any atom is -0.481 e. The molecular weight excluding hydrogens is 368 g/mol. The maximum Gasteiger partial charge on any atom is 0.308 e. The van der Waals surface area contributed by atoms with E-state index < -0.39 is 33.9 Å². The van der Waals surface area contributed by atoms with Gasteiger partial charge in [-0.25, -0.2) is 13.1 Å². The molecule has 2 rings (SSSR count). The Balaban J connectivity index is 2.10. The van der Waals surface area contributed by atoms with Gasteiger partial charge in [-0.1, -0.05) is 31.8 Å². The molecular formula is C19H26N2O5S. The fraction of sp³-hybridized carbons (Fsp3) is 0.474. The second-order valence-electron chi connectivity index (χ2n) is 6.68. The zero-order valence-electron chi connectivity index (χ0n) is 15.2. The van der Waals surface area contributed by atoms with E-state index in [0.29, 0.717) is 18.4 Å². The molecule has 0 bridgehead atoms. The van der Waals surface area contributed by atoms with Crippen LogP contribution in [0.4, 0.5) is 0 Å². The van der Waals surface area contributed by atoms with E-state index in [1.165, 1.54) is 30.3 Å². The van der Waals surface area contributed by atoms with E-state index in [1.54, 1.807) is 0 Å².